The lowest BCUT2D eigenvalue weighted by Crippen LogP contribution is -2.57. The number of benzene rings is 1. The fraction of sp³-hybridized carbons (Fsp3) is 0.524. The van der Waals surface area contributed by atoms with E-state index in [0.29, 0.717) is 19.2 Å². The molecule has 0 saturated carbocycles. The number of ether oxygens (including phenoxy) is 1. The Bertz CT molecular complexity index is 851. The highest BCUT2D eigenvalue weighted by Gasteiger charge is 2.35. The van der Waals surface area contributed by atoms with Crippen LogP contribution in [0.5, 0.6) is 0 Å². The number of hydrogen-bond acceptors (Lipinski definition) is 6. The minimum atomic E-state index is -0.0575. The smallest absolute Gasteiger partial charge is 0.225 e. The molecule has 0 spiro atoms. The molecule has 0 unspecified atom stereocenters. The number of piperidine rings is 1. The zero-order valence-electron chi connectivity index (χ0n) is 16.8. The summed E-state index contributed by atoms with van der Waals surface area (Å²) >= 11 is 6.05. The van der Waals surface area contributed by atoms with Gasteiger partial charge in [0.2, 0.25) is 5.95 Å². The third kappa shape index (κ3) is 5.21. The van der Waals surface area contributed by atoms with Crippen LogP contribution in [0, 0.1) is 0 Å². The van der Waals surface area contributed by atoms with Crippen molar-refractivity contribution in [2.75, 3.05) is 37.7 Å². The van der Waals surface area contributed by atoms with Gasteiger partial charge in [-0.3, -0.25) is 4.90 Å². The van der Waals surface area contributed by atoms with Gasteiger partial charge < -0.3 is 9.64 Å². The summed E-state index contributed by atoms with van der Waals surface area (Å²) in [4.78, 5) is 16.5. The molecule has 2 aromatic rings. The zero-order valence-corrected chi connectivity index (χ0v) is 17.6. The van der Waals surface area contributed by atoms with E-state index in [4.69, 9.17) is 21.9 Å². The zero-order chi connectivity index (χ0) is 20.8. The average molecular weight is 428 g/mol. The van der Waals surface area contributed by atoms with Crippen molar-refractivity contribution in [2.45, 2.75) is 37.5 Å². The fourth-order valence-electron chi connectivity index (χ4n) is 4.39. The molecule has 0 aliphatic carbocycles. The number of azide groups is 1. The van der Waals surface area contributed by atoms with Crippen LogP contribution in [0.1, 0.15) is 18.4 Å². The van der Waals surface area contributed by atoms with Crippen molar-refractivity contribution in [1.29, 1.82) is 0 Å². The maximum Gasteiger partial charge on any atom is 0.225 e. The summed E-state index contributed by atoms with van der Waals surface area (Å²) in [6.07, 6.45) is 6.52. The summed E-state index contributed by atoms with van der Waals surface area (Å²) in [7, 11) is 0. The molecular formula is C21H26ClN7O. The van der Waals surface area contributed by atoms with Gasteiger partial charge in [0.15, 0.2) is 0 Å². The van der Waals surface area contributed by atoms with Gasteiger partial charge in [-0.2, -0.15) is 0 Å². The molecule has 9 heteroatoms. The van der Waals surface area contributed by atoms with Crippen molar-refractivity contribution >= 4 is 17.5 Å². The molecule has 2 aliphatic rings. The van der Waals surface area contributed by atoms with Crippen LogP contribution in [-0.4, -0.2) is 65.8 Å². The monoisotopic (exact) mass is 427 g/mol. The first-order chi connectivity index (χ1) is 14.7. The third-order valence-electron chi connectivity index (χ3n) is 5.91. The third-order valence-corrected chi connectivity index (χ3v) is 6.16. The van der Waals surface area contributed by atoms with Crippen LogP contribution in [0.4, 0.5) is 5.95 Å². The Morgan fingerprint density at radius 1 is 1.17 bits per heavy atom. The lowest BCUT2D eigenvalue weighted by Gasteiger charge is -2.46. The Morgan fingerprint density at radius 3 is 2.60 bits per heavy atom. The first kappa shape index (κ1) is 20.9. The topological polar surface area (TPSA) is 90.3 Å². The molecule has 2 saturated heterocycles. The van der Waals surface area contributed by atoms with Gasteiger partial charge in [-0.1, -0.05) is 28.8 Å². The number of nitrogens with zero attached hydrogens (tertiary/aromatic N) is 7. The first-order valence-corrected chi connectivity index (χ1v) is 10.8. The number of halogens is 1. The van der Waals surface area contributed by atoms with E-state index in [-0.39, 0.29) is 12.1 Å². The second kappa shape index (κ2) is 10.1. The number of morpholine rings is 1. The highest BCUT2D eigenvalue weighted by molar-refractivity contribution is 6.30. The lowest BCUT2D eigenvalue weighted by atomic mass is 9.96. The standard InChI is InChI=1S/C21H26ClN7O/c22-17-4-2-16(3-5-17)12-19-15-30-20(13-26-27-23)14-29(19)18-6-10-28(11-7-18)21-24-8-1-9-25-21/h1-5,8-9,18-20H,6-7,10-15H2/t19-,20-/m0/s1. The highest BCUT2D eigenvalue weighted by Crippen LogP contribution is 2.26. The summed E-state index contributed by atoms with van der Waals surface area (Å²) in [5.41, 5.74) is 9.93. The normalized spacial score (nSPS) is 23.2. The second-order valence-corrected chi connectivity index (χ2v) is 8.25. The SMILES string of the molecule is [N-]=[N+]=NC[C@H]1CN(C2CCN(c3ncccn3)CC2)[C@@H](Cc2ccc(Cl)cc2)CO1. The van der Waals surface area contributed by atoms with E-state index in [1.807, 2.05) is 18.2 Å². The van der Waals surface area contributed by atoms with Crippen molar-refractivity contribution < 1.29 is 4.74 Å². The van der Waals surface area contributed by atoms with Gasteiger partial charge >= 0.3 is 0 Å². The van der Waals surface area contributed by atoms with Crippen molar-refractivity contribution in [3.8, 4) is 0 Å². The molecule has 2 aliphatic heterocycles. The van der Waals surface area contributed by atoms with Crippen LogP contribution in [0.3, 0.4) is 0 Å². The van der Waals surface area contributed by atoms with E-state index in [1.165, 1.54) is 5.56 Å². The Hall–Kier alpha value is -2.38. The van der Waals surface area contributed by atoms with Crippen LogP contribution < -0.4 is 4.90 Å². The van der Waals surface area contributed by atoms with Gasteiger partial charge in [-0.05, 0) is 48.6 Å². The first-order valence-electron chi connectivity index (χ1n) is 10.4. The molecule has 0 N–H and O–H groups in total. The van der Waals surface area contributed by atoms with E-state index in [9.17, 15) is 0 Å². The van der Waals surface area contributed by atoms with Crippen molar-refractivity contribution in [3.05, 3.63) is 63.8 Å². The van der Waals surface area contributed by atoms with Crippen LogP contribution in [0.2, 0.25) is 5.02 Å². The number of aromatic nitrogens is 2. The Labute approximate surface area is 181 Å². The fourth-order valence-corrected chi connectivity index (χ4v) is 4.51. The highest BCUT2D eigenvalue weighted by atomic mass is 35.5. The number of hydrogen-bond donors (Lipinski definition) is 0. The minimum absolute atomic E-state index is 0.0575. The molecule has 3 heterocycles. The van der Waals surface area contributed by atoms with E-state index >= 15 is 0 Å². The average Bonchev–Trinajstić information content (AvgIpc) is 2.80. The molecule has 8 nitrogen and oxygen atoms in total. The molecule has 2 atom stereocenters. The van der Waals surface area contributed by atoms with Crippen LogP contribution >= 0.6 is 11.6 Å². The number of anilines is 1. The van der Waals surface area contributed by atoms with E-state index in [0.717, 1.165) is 49.9 Å². The van der Waals surface area contributed by atoms with E-state index < -0.39 is 0 Å². The summed E-state index contributed by atoms with van der Waals surface area (Å²) in [6.45, 7) is 3.65. The number of rotatable bonds is 6. The second-order valence-electron chi connectivity index (χ2n) is 7.82. The Balaban J connectivity index is 1.44. The van der Waals surface area contributed by atoms with Gasteiger partial charge in [-0.25, -0.2) is 9.97 Å². The minimum Gasteiger partial charge on any atom is -0.375 e. The van der Waals surface area contributed by atoms with Gasteiger partial charge in [0, 0.05) is 54.0 Å². The molecule has 1 aromatic carbocycles. The predicted molar refractivity (Wildman–Crippen MR) is 117 cm³/mol. The van der Waals surface area contributed by atoms with E-state index in [2.05, 4.69) is 41.9 Å². The summed E-state index contributed by atoms with van der Waals surface area (Å²) in [5, 5.41) is 4.49. The van der Waals surface area contributed by atoms with Crippen LogP contribution in [0.25, 0.3) is 10.4 Å². The lowest BCUT2D eigenvalue weighted by molar-refractivity contribution is -0.0779. The molecule has 0 radical (unpaired) electrons. The molecule has 1 aromatic heterocycles. The molecule has 0 bridgehead atoms. The van der Waals surface area contributed by atoms with Gasteiger partial charge in [0.1, 0.15) is 0 Å². The quantitative estimate of drug-likeness (QED) is 0.398. The maximum absolute atomic E-state index is 8.68. The van der Waals surface area contributed by atoms with Gasteiger partial charge in [-0.15, -0.1) is 0 Å². The predicted octanol–water partition coefficient (Wildman–Crippen LogP) is 3.72. The van der Waals surface area contributed by atoms with E-state index in [1.54, 1.807) is 12.4 Å². The molecular weight excluding hydrogens is 402 g/mol. The van der Waals surface area contributed by atoms with Gasteiger partial charge in [0.25, 0.3) is 0 Å². The van der Waals surface area contributed by atoms with Crippen molar-refractivity contribution in [3.63, 3.8) is 0 Å². The largest absolute Gasteiger partial charge is 0.375 e. The Kier molecular flexibility index (Phi) is 7.02. The Morgan fingerprint density at radius 2 is 1.90 bits per heavy atom. The maximum atomic E-state index is 8.68. The molecule has 0 amide bonds. The molecule has 2 fully saturated rings. The van der Waals surface area contributed by atoms with Crippen LogP contribution in [-0.2, 0) is 11.2 Å². The van der Waals surface area contributed by atoms with Crippen LogP contribution in [0.15, 0.2) is 47.8 Å². The van der Waals surface area contributed by atoms with Crippen molar-refractivity contribution in [2.24, 2.45) is 5.11 Å². The summed E-state index contributed by atoms with van der Waals surface area (Å²) in [6, 6.07) is 10.6. The van der Waals surface area contributed by atoms with Gasteiger partial charge in [0.05, 0.1) is 19.3 Å². The van der Waals surface area contributed by atoms with Crippen molar-refractivity contribution in [1.82, 2.24) is 14.9 Å². The summed E-state index contributed by atoms with van der Waals surface area (Å²) in [5.74, 6) is 0.803. The molecule has 30 heavy (non-hydrogen) atoms. The summed E-state index contributed by atoms with van der Waals surface area (Å²) < 4.78 is 6.04. The molecule has 4 rings (SSSR count). The molecule has 158 valence electrons.